The fourth-order valence-electron chi connectivity index (χ4n) is 10.9. The molecule has 0 fully saturated rings. The maximum absolute atomic E-state index is 2.61. The van der Waals surface area contributed by atoms with Gasteiger partial charge in [-0.1, -0.05) is 206 Å². The van der Waals surface area contributed by atoms with Crippen LogP contribution in [0.1, 0.15) is 22.3 Å². The summed E-state index contributed by atoms with van der Waals surface area (Å²) in [6.45, 7) is 0. The van der Waals surface area contributed by atoms with E-state index in [9.17, 15) is 0 Å². The first-order chi connectivity index (χ1) is 30.3. The molecule has 0 N–H and O–H groups in total. The van der Waals surface area contributed by atoms with Crippen LogP contribution < -0.4 is 4.90 Å². The van der Waals surface area contributed by atoms with E-state index < -0.39 is 5.41 Å². The average molecular weight is 792 g/mol. The molecule has 2 aliphatic carbocycles. The molecule has 2 heteroatoms. The topological polar surface area (TPSA) is 3.24 Å². The highest BCUT2D eigenvalue weighted by Crippen LogP contribution is 2.65. The maximum Gasteiger partial charge on any atom is 0.0726 e. The van der Waals surface area contributed by atoms with E-state index in [4.69, 9.17) is 0 Å². The lowest BCUT2D eigenvalue weighted by Gasteiger charge is -2.32. The molecule has 61 heavy (non-hydrogen) atoms. The van der Waals surface area contributed by atoms with E-state index in [1.54, 1.807) is 0 Å². The second kappa shape index (κ2) is 13.2. The van der Waals surface area contributed by atoms with Gasteiger partial charge in [-0.25, -0.2) is 0 Å². The lowest BCUT2D eigenvalue weighted by Crippen LogP contribution is -2.26. The van der Waals surface area contributed by atoms with Gasteiger partial charge >= 0.3 is 0 Å². The third-order valence-electron chi connectivity index (χ3n) is 13.3. The summed E-state index contributed by atoms with van der Waals surface area (Å²) in [5.74, 6) is 0. The summed E-state index contributed by atoms with van der Waals surface area (Å²) >= 11 is 1.92. The Balaban J connectivity index is 1.19. The van der Waals surface area contributed by atoms with Gasteiger partial charge in [-0.15, -0.1) is 11.3 Å². The van der Waals surface area contributed by atoms with Gasteiger partial charge in [0.25, 0.3) is 0 Å². The summed E-state index contributed by atoms with van der Waals surface area (Å²) in [7, 11) is 0. The van der Waals surface area contributed by atoms with Crippen molar-refractivity contribution in [3.8, 4) is 44.5 Å². The van der Waals surface area contributed by atoms with Crippen LogP contribution in [0.25, 0.3) is 75.5 Å². The summed E-state index contributed by atoms with van der Waals surface area (Å²) in [5.41, 5.74) is 18.4. The maximum atomic E-state index is 2.61. The van der Waals surface area contributed by atoms with Gasteiger partial charge in [0.2, 0.25) is 0 Å². The molecule has 1 spiro atoms. The van der Waals surface area contributed by atoms with Gasteiger partial charge in [0.15, 0.2) is 0 Å². The van der Waals surface area contributed by atoms with Crippen LogP contribution in [-0.2, 0) is 5.41 Å². The van der Waals surface area contributed by atoms with Crippen molar-refractivity contribution >= 4 is 59.3 Å². The molecule has 1 aromatic heterocycles. The van der Waals surface area contributed by atoms with Gasteiger partial charge in [0, 0.05) is 26.6 Å². The van der Waals surface area contributed by atoms with E-state index in [0.717, 1.165) is 5.69 Å². The van der Waals surface area contributed by atoms with Crippen LogP contribution in [0.3, 0.4) is 0 Å². The average Bonchev–Trinajstić information content (AvgIpc) is 3.98. The number of anilines is 3. The van der Waals surface area contributed by atoms with Crippen molar-refractivity contribution < 1.29 is 0 Å². The summed E-state index contributed by atoms with van der Waals surface area (Å²) in [6, 6.07) is 83.4. The molecule has 10 aromatic carbocycles. The van der Waals surface area contributed by atoms with Crippen molar-refractivity contribution in [1.29, 1.82) is 0 Å². The largest absolute Gasteiger partial charge is 0.308 e. The Morgan fingerprint density at radius 3 is 1.54 bits per heavy atom. The molecule has 13 rings (SSSR count). The molecule has 0 amide bonds. The van der Waals surface area contributed by atoms with Crippen LogP contribution in [0.4, 0.5) is 17.1 Å². The first-order valence-electron chi connectivity index (χ1n) is 21.1. The summed E-state index contributed by atoms with van der Waals surface area (Å²) < 4.78 is 2.58. The van der Waals surface area contributed by atoms with Crippen molar-refractivity contribution in [2.75, 3.05) is 4.90 Å². The number of fused-ring (bicyclic) bond motifs is 15. The standard InChI is InChI=1S/C59H37NS/c1-3-19-38(20-4-1)41-24-12-16-35-52(41)60(54-37-40-23-7-8-25-42(40)55-47-30-17-29-43(57(47)61-58(54)55)39-21-5-2-6-22-39)53-36-18-34-51-56(53)46-28-11-15-33-50(46)59(51)48-31-13-9-26-44(48)45-27-10-14-32-49(45)59/h1-37H. The van der Waals surface area contributed by atoms with Crippen LogP contribution in [0.15, 0.2) is 224 Å². The molecule has 2 aliphatic rings. The van der Waals surface area contributed by atoms with Gasteiger partial charge in [0.1, 0.15) is 0 Å². The van der Waals surface area contributed by atoms with Crippen LogP contribution >= 0.6 is 11.3 Å². The number of benzene rings is 10. The predicted molar refractivity (Wildman–Crippen MR) is 259 cm³/mol. The number of hydrogen-bond acceptors (Lipinski definition) is 2. The van der Waals surface area contributed by atoms with Crippen molar-refractivity contribution in [2.45, 2.75) is 5.41 Å². The number of para-hydroxylation sites is 1. The molecule has 0 radical (unpaired) electrons. The summed E-state index contributed by atoms with van der Waals surface area (Å²) in [4.78, 5) is 2.61. The summed E-state index contributed by atoms with van der Waals surface area (Å²) in [5, 5.41) is 5.09. The lowest BCUT2D eigenvalue weighted by molar-refractivity contribution is 0.794. The Morgan fingerprint density at radius 2 is 0.820 bits per heavy atom. The lowest BCUT2D eigenvalue weighted by atomic mass is 9.70. The van der Waals surface area contributed by atoms with Gasteiger partial charge < -0.3 is 4.90 Å². The molecule has 1 nitrogen and oxygen atoms in total. The Bertz CT molecular complexity index is 3500. The minimum absolute atomic E-state index is 0.458. The fraction of sp³-hybridized carbons (Fsp3) is 0.0169. The zero-order valence-electron chi connectivity index (χ0n) is 33.2. The second-order valence-corrected chi connectivity index (χ2v) is 17.3. The zero-order chi connectivity index (χ0) is 40.1. The van der Waals surface area contributed by atoms with E-state index in [1.165, 1.54) is 109 Å². The number of nitrogens with zero attached hydrogens (tertiary/aromatic N) is 1. The van der Waals surface area contributed by atoms with Crippen molar-refractivity contribution in [1.82, 2.24) is 0 Å². The van der Waals surface area contributed by atoms with E-state index >= 15 is 0 Å². The SMILES string of the molecule is c1ccc(-c2ccccc2N(c2cccc3c2-c2ccccc2C32c3ccccc3-c3ccccc32)c2cc3ccccc3c3c2sc2c(-c4ccccc4)cccc23)cc1. The Kier molecular flexibility index (Phi) is 7.46. The second-order valence-electron chi connectivity index (χ2n) is 16.3. The first kappa shape index (κ1) is 34.4. The number of hydrogen-bond donors (Lipinski definition) is 0. The molecule has 11 aromatic rings. The van der Waals surface area contributed by atoms with Gasteiger partial charge in [0.05, 0.1) is 27.2 Å². The fourth-order valence-corrected chi connectivity index (χ4v) is 12.2. The van der Waals surface area contributed by atoms with E-state index in [-0.39, 0.29) is 0 Å². The van der Waals surface area contributed by atoms with E-state index in [1.807, 2.05) is 11.3 Å². The highest BCUT2D eigenvalue weighted by Gasteiger charge is 2.52. The molecule has 0 unspecified atom stereocenters. The van der Waals surface area contributed by atoms with Gasteiger partial charge in [-0.3, -0.25) is 0 Å². The zero-order valence-corrected chi connectivity index (χ0v) is 34.0. The highest BCUT2D eigenvalue weighted by atomic mass is 32.1. The van der Waals surface area contributed by atoms with Crippen LogP contribution in [0.2, 0.25) is 0 Å². The molecule has 0 bridgehead atoms. The van der Waals surface area contributed by atoms with Gasteiger partial charge in [-0.2, -0.15) is 0 Å². The van der Waals surface area contributed by atoms with Crippen molar-refractivity contribution in [3.63, 3.8) is 0 Å². The Hall–Kier alpha value is -7.52. The molecule has 1 heterocycles. The molecular formula is C59H37NS. The normalized spacial score (nSPS) is 13.0. The third kappa shape index (κ3) is 4.77. The Morgan fingerprint density at radius 1 is 0.328 bits per heavy atom. The predicted octanol–water partition coefficient (Wildman–Crippen LogP) is 16.4. The van der Waals surface area contributed by atoms with E-state index in [2.05, 4.69) is 229 Å². The number of thiophene rings is 1. The van der Waals surface area contributed by atoms with Crippen LogP contribution in [-0.4, -0.2) is 0 Å². The smallest absolute Gasteiger partial charge is 0.0726 e. The van der Waals surface area contributed by atoms with Crippen molar-refractivity contribution in [2.24, 2.45) is 0 Å². The third-order valence-corrected chi connectivity index (χ3v) is 14.5. The Labute approximate surface area is 359 Å². The molecule has 0 atom stereocenters. The van der Waals surface area contributed by atoms with Crippen molar-refractivity contribution in [3.05, 3.63) is 247 Å². The number of rotatable bonds is 5. The minimum atomic E-state index is -0.458. The molecule has 0 saturated carbocycles. The van der Waals surface area contributed by atoms with Crippen LogP contribution in [0.5, 0.6) is 0 Å². The minimum Gasteiger partial charge on any atom is -0.308 e. The monoisotopic (exact) mass is 791 g/mol. The molecule has 0 aliphatic heterocycles. The quantitative estimate of drug-likeness (QED) is 0.168. The summed E-state index contributed by atoms with van der Waals surface area (Å²) in [6.07, 6.45) is 0. The highest BCUT2D eigenvalue weighted by molar-refractivity contribution is 7.27. The first-order valence-corrected chi connectivity index (χ1v) is 21.9. The molecular weight excluding hydrogens is 755 g/mol. The molecule has 0 saturated heterocycles. The molecule has 284 valence electrons. The van der Waals surface area contributed by atoms with E-state index in [0.29, 0.717) is 0 Å². The van der Waals surface area contributed by atoms with Crippen LogP contribution in [0, 0.1) is 0 Å². The van der Waals surface area contributed by atoms with Gasteiger partial charge in [-0.05, 0) is 84.6 Å².